The van der Waals surface area contributed by atoms with Crippen LogP contribution in [0.15, 0.2) is 72.8 Å². The second kappa shape index (κ2) is 17.0. The van der Waals surface area contributed by atoms with Crippen LogP contribution >= 0.6 is 0 Å². The topological polar surface area (TPSA) is 52.6 Å². The fourth-order valence-electron chi connectivity index (χ4n) is 4.45. The van der Waals surface area contributed by atoms with Crippen LogP contribution < -0.4 is 4.74 Å². The van der Waals surface area contributed by atoms with Crippen LogP contribution in [-0.4, -0.2) is 18.0 Å². The maximum atomic E-state index is 12.2. The van der Waals surface area contributed by atoms with Gasteiger partial charge in [0.2, 0.25) is 0 Å². The highest BCUT2D eigenvalue weighted by atomic mass is 16.5. The molecule has 0 aliphatic carbocycles. The molecule has 0 saturated carbocycles. The van der Waals surface area contributed by atoms with E-state index < -0.39 is 5.97 Å². The van der Waals surface area contributed by atoms with E-state index in [0.29, 0.717) is 11.3 Å². The van der Waals surface area contributed by atoms with Crippen molar-refractivity contribution >= 4 is 11.9 Å². The monoisotopic (exact) mass is 538 g/mol. The van der Waals surface area contributed by atoms with Crippen LogP contribution in [0.25, 0.3) is 11.1 Å². The lowest BCUT2D eigenvalue weighted by molar-refractivity contribution is -0.128. The molecule has 0 spiro atoms. The van der Waals surface area contributed by atoms with Crippen molar-refractivity contribution in [2.45, 2.75) is 91.1 Å². The molecule has 0 N–H and O–H groups in total. The fourth-order valence-corrected chi connectivity index (χ4v) is 4.45. The number of carbonyl (C=O) groups excluding carboxylic acids is 2. The van der Waals surface area contributed by atoms with Crippen molar-refractivity contribution in [3.05, 3.63) is 89.5 Å². The van der Waals surface area contributed by atoms with Gasteiger partial charge >= 0.3 is 11.9 Å². The molecule has 0 saturated heterocycles. The predicted octanol–water partition coefficient (Wildman–Crippen LogP) is 8.95. The minimum Gasteiger partial charge on any atom is -0.459 e. The number of ether oxygens (including phenoxy) is 2. The third-order valence-corrected chi connectivity index (χ3v) is 6.69. The van der Waals surface area contributed by atoms with Crippen LogP contribution in [0.1, 0.15) is 100 Å². The Morgan fingerprint density at radius 3 is 1.82 bits per heavy atom. The van der Waals surface area contributed by atoms with Crippen molar-refractivity contribution in [1.29, 1.82) is 0 Å². The molecule has 0 aliphatic heterocycles. The molecule has 0 unspecified atom stereocenters. The van der Waals surface area contributed by atoms with Gasteiger partial charge in [0.15, 0.2) is 0 Å². The quantitative estimate of drug-likeness (QED) is 0.0890. The van der Waals surface area contributed by atoms with E-state index in [1.165, 1.54) is 63.4 Å². The molecule has 0 aromatic heterocycles. The Hall–Kier alpha value is -3.84. The summed E-state index contributed by atoms with van der Waals surface area (Å²) < 4.78 is 10.6. The summed E-state index contributed by atoms with van der Waals surface area (Å²) in [4.78, 5) is 24.3. The molecule has 0 heterocycles. The Balaban J connectivity index is 1.41. The largest absolute Gasteiger partial charge is 0.459 e. The third-order valence-electron chi connectivity index (χ3n) is 6.69. The minimum absolute atomic E-state index is 0.160. The molecule has 3 aromatic rings. The van der Waals surface area contributed by atoms with Crippen molar-refractivity contribution in [2.24, 2.45) is 0 Å². The van der Waals surface area contributed by atoms with Crippen LogP contribution in [0.2, 0.25) is 0 Å². The molecular weight excluding hydrogens is 496 g/mol. The van der Waals surface area contributed by atoms with Crippen molar-refractivity contribution in [3.63, 3.8) is 0 Å². The molecule has 4 heteroatoms. The van der Waals surface area contributed by atoms with Gasteiger partial charge in [-0.05, 0) is 79.8 Å². The van der Waals surface area contributed by atoms with Crippen molar-refractivity contribution in [1.82, 2.24) is 0 Å². The standard InChI is InChI=1S/C36H42O4/c1-4-5-6-7-8-9-10-11-12-13-29-14-16-30(17-15-29)18-27-35(37)40-34-25-23-32(24-26-34)31-19-21-33(22-20-31)36(38)39-28(2)3/h14-17,19-26,28H,4-13H2,1-3H3. The first-order chi connectivity index (χ1) is 19.4. The highest BCUT2D eigenvalue weighted by molar-refractivity contribution is 5.91. The minimum atomic E-state index is -0.598. The zero-order valence-corrected chi connectivity index (χ0v) is 24.2. The first-order valence-corrected chi connectivity index (χ1v) is 14.7. The summed E-state index contributed by atoms with van der Waals surface area (Å²) in [6.07, 6.45) is 12.9. The van der Waals surface area contributed by atoms with E-state index in [1.807, 2.05) is 50.2 Å². The number of aryl methyl sites for hydroxylation is 1. The Bertz CT molecular complexity index is 1240. The van der Waals surface area contributed by atoms with E-state index in [1.54, 1.807) is 24.3 Å². The lowest BCUT2D eigenvalue weighted by Crippen LogP contribution is -2.11. The number of carbonyl (C=O) groups is 2. The van der Waals surface area contributed by atoms with E-state index in [2.05, 4.69) is 30.9 Å². The smallest absolute Gasteiger partial charge is 0.390 e. The van der Waals surface area contributed by atoms with Gasteiger partial charge < -0.3 is 9.47 Å². The lowest BCUT2D eigenvalue weighted by atomic mass is 10.0. The van der Waals surface area contributed by atoms with Gasteiger partial charge in [0.05, 0.1) is 11.7 Å². The number of unbranched alkanes of at least 4 members (excludes halogenated alkanes) is 8. The Morgan fingerprint density at radius 2 is 1.25 bits per heavy atom. The summed E-state index contributed by atoms with van der Waals surface area (Å²) in [6, 6.07) is 22.5. The number of hydrogen-bond acceptors (Lipinski definition) is 4. The van der Waals surface area contributed by atoms with Gasteiger partial charge in [0.25, 0.3) is 0 Å². The van der Waals surface area contributed by atoms with Gasteiger partial charge in [-0.3, -0.25) is 0 Å². The Kier molecular flexibility index (Phi) is 13.0. The molecule has 0 radical (unpaired) electrons. The van der Waals surface area contributed by atoms with Crippen molar-refractivity contribution in [2.75, 3.05) is 0 Å². The molecule has 0 fully saturated rings. The fraction of sp³-hybridized carbons (Fsp3) is 0.389. The molecule has 40 heavy (non-hydrogen) atoms. The highest BCUT2D eigenvalue weighted by Gasteiger charge is 2.09. The summed E-state index contributed by atoms with van der Waals surface area (Å²) in [6.45, 7) is 5.90. The maximum Gasteiger partial charge on any atom is 0.390 e. The van der Waals surface area contributed by atoms with Crippen LogP contribution in [0.5, 0.6) is 5.75 Å². The normalized spacial score (nSPS) is 10.6. The summed E-state index contributed by atoms with van der Waals surface area (Å²) in [5.74, 6) is 4.96. The zero-order valence-electron chi connectivity index (χ0n) is 24.2. The second-order valence-electron chi connectivity index (χ2n) is 10.5. The van der Waals surface area contributed by atoms with E-state index in [-0.39, 0.29) is 12.1 Å². The Labute approximate surface area is 240 Å². The van der Waals surface area contributed by atoms with E-state index in [0.717, 1.165) is 23.1 Å². The van der Waals surface area contributed by atoms with Gasteiger partial charge in [-0.15, -0.1) is 0 Å². The van der Waals surface area contributed by atoms with E-state index in [4.69, 9.17) is 9.47 Å². The van der Waals surface area contributed by atoms with Crippen molar-refractivity contribution < 1.29 is 19.1 Å². The molecule has 210 valence electrons. The molecular formula is C36H42O4. The Morgan fingerprint density at radius 1 is 0.700 bits per heavy atom. The molecule has 3 aromatic carbocycles. The highest BCUT2D eigenvalue weighted by Crippen LogP contribution is 2.23. The predicted molar refractivity (Wildman–Crippen MR) is 162 cm³/mol. The maximum absolute atomic E-state index is 12.2. The van der Waals surface area contributed by atoms with Crippen LogP contribution in [-0.2, 0) is 16.0 Å². The summed E-state index contributed by atoms with van der Waals surface area (Å²) in [5.41, 5.74) is 4.50. The number of esters is 2. The molecule has 0 amide bonds. The molecule has 3 rings (SSSR count). The van der Waals surface area contributed by atoms with Crippen LogP contribution in [0.3, 0.4) is 0 Å². The molecule has 0 aliphatic rings. The third kappa shape index (κ3) is 11.1. The van der Waals surface area contributed by atoms with E-state index >= 15 is 0 Å². The molecule has 4 nitrogen and oxygen atoms in total. The van der Waals surface area contributed by atoms with Crippen LogP contribution in [0, 0.1) is 11.8 Å². The van der Waals surface area contributed by atoms with Gasteiger partial charge in [-0.1, -0.05) is 101 Å². The lowest BCUT2D eigenvalue weighted by Gasteiger charge is -2.08. The second-order valence-corrected chi connectivity index (χ2v) is 10.5. The molecule has 0 bridgehead atoms. The summed E-state index contributed by atoms with van der Waals surface area (Å²) in [5, 5.41) is 0. The summed E-state index contributed by atoms with van der Waals surface area (Å²) >= 11 is 0. The first-order valence-electron chi connectivity index (χ1n) is 14.7. The average molecular weight is 539 g/mol. The first kappa shape index (κ1) is 30.7. The number of hydrogen-bond donors (Lipinski definition) is 0. The average Bonchev–Trinajstić information content (AvgIpc) is 2.96. The van der Waals surface area contributed by atoms with Gasteiger partial charge in [-0.25, -0.2) is 9.59 Å². The number of rotatable bonds is 14. The van der Waals surface area contributed by atoms with Gasteiger partial charge in [-0.2, -0.15) is 0 Å². The van der Waals surface area contributed by atoms with E-state index in [9.17, 15) is 9.59 Å². The van der Waals surface area contributed by atoms with Crippen molar-refractivity contribution in [3.8, 4) is 28.7 Å². The number of benzene rings is 3. The van der Waals surface area contributed by atoms with Gasteiger partial charge in [0.1, 0.15) is 5.75 Å². The summed E-state index contributed by atoms with van der Waals surface area (Å²) in [7, 11) is 0. The SMILES string of the molecule is CCCCCCCCCCCc1ccc(C#CC(=O)Oc2ccc(-c3ccc(C(=O)OC(C)C)cc3)cc2)cc1. The molecule has 0 atom stereocenters. The van der Waals surface area contributed by atoms with Crippen LogP contribution in [0.4, 0.5) is 0 Å². The zero-order chi connectivity index (χ0) is 28.6. The van der Waals surface area contributed by atoms with Gasteiger partial charge in [0, 0.05) is 11.5 Å².